The van der Waals surface area contributed by atoms with Gasteiger partial charge in [0, 0.05) is 5.02 Å². The van der Waals surface area contributed by atoms with E-state index < -0.39 is 0 Å². The molecule has 0 fully saturated rings. The van der Waals surface area contributed by atoms with Gasteiger partial charge in [0.15, 0.2) is 0 Å². The Labute approximate surface area is 110 Å². The van der Waals surface area contributed by atoms with Gasteiger partial charge in [-0.1, -0.05) is 35.3 Å². The highest BCUT2D eigenvalue weighted by Gasteiger charge is 2.10. The molecule has 0 aliphatic heterocycles. The quantitative estimate of drug-likeness (QED) is 0.648. The molecule has 0 heterocycles. The van der Waals surface area contributed by atoms with Crippen molar-refractivity contribution in [1.29, 1.82) is 0 Å². The largest absolute Gasteiger partial charge is 0.205 e. The van der Waals surface area contributed by atoms with Crippen molar-refractivity contribution in [2.45, 2.75) is 13.8 Å². The summed E-state index contributed by atoms with van der Waals surface area (Å²) < 4.78 is 13.7. The molecule has 3 heteroatoms. The van der Waals surface area contributed by atoms with Crippen LogP contribution in [0.3, 0.4) is 0 Å². The Morgan fingerprint density at radius 2 is 1.71 bits per heavy atom. The Kier molecular flexibility index (Phi) is 3.41. The van der Waals surface area contributed by atoms with Gasteiger partial charge in [-0.15, -0.1) is 0 Å². The van der Waals surface area contributed by atoms with E-state index in [1.165, 1.54) is 0 Å². The first-order chi connectivity index (χ1) is 7.99. The summed E-state index contributed by atoms with van der Waals surface area (Å²) in [6, 6.07) is 9.04. The van der Waals surface area contributed by atoms with Crippen LogP contribution in [0, 0.1) is 19.7 Å². The van der Waals surface area contributed by atoms with E-state index in [9.17, 15) is 4.39 Å². The minimum absolute atomic E-state index is 0.144. The molecule has 0 aliphatic rings. The lowest BCUT2D eigenvalue weighted by molar-refractivity contribution is 0.619. The lowest BCUT2D eigenvalue weighted by Crippen LogP contribution is -1.90. The van der Waals surface area contributed by atoms with Crippen LogP contribution in [0.15, 0.2) is 30.3 Å². The molecule has 17 heavy (non-hydrogen) atoms. The molecule has 0 aliphatic carbocycles. The van der Waals surface area contributed by atoms with Gasteiger partial charge in [0.1, 0.15) is 5.82 Å². The number of halogens is 3. The van der Waals surface area contributed by atoms with Crippen LogP contribution in [0.4, 0.5) is 4.39 Å². The average Bonchev–Trinajstić information content (AvgIpc) is 2.24. The molecule has 0 amide bonds. The fraction of sp³-hybridized carbons (Fsp3) is 0.143. The summed E-state index contributed by atoms with van der Waals surface area (Å²) in [5.41, 5.74) is 3.31. The van der Waals surface area contributed by atoms with Crippen LogP contribution in [0.2, 0.25) is 10.0 Å². The van der Waals surface area contributed by atoms with Gasteiger partial charge in [-0.05, 0) is 54.3 Å². The highest BCUT2D eigenvalue weighted by Crippen LogP contribution is 2.31. The van der Waals surface area contributed by atoms with Crippen molar-refractivity contribution >= 4 is 23.2 Å². The van der Waals surface area contributed by atoms with Gasteiger partial charge in [0.2, 0.25) is 0 Å². The topological polar surface area (TPSA) is 0 Å². The molecule has 0 radical (unpaired) electrons. The summed E-state index contributed by atoms with van der Waals surface area (Å²) in [4.78, 5) is 0. The molecular weight excluding hydrogens is 258 g/mol. The van der Waals surface area contributed by atoms with E-state index in [0.717, 1.165) is 16.7 Å². The summed E-state index contributed by atoms with van der Waals surface area (Å²) in [6.45, 7) is 3.67. The number of rotatable bonds is 1. The van der Waals surface area contributed by atoms with Crippen molar-refractivity contribution in [3.8, 4) is 11.1 Å². The normalized spacial score (nSPS) is 10.6. The van der Waals surface area contributed by atoms with E-state index >= 15 is 0 Å². The van der Waals surface area contributed by atoms with Crippen molar-refractivity contribution in [2.75, 3.05) is 0 Å². The van der Waals surface area contributed by atoms with E-state index in [2.05, 4.69) is 0 Å². The molecule has 0 spiro atoms. The third kappa shape index (κ3) is 2.46. The summed E-state index contributed by atoms with van der Waals surface area (Å²) >= 11 is 11.7. The van der Waals surface area contributed by atoms with Crippen LogP contribution in [-0.2, 0) is 0 Å². The summed E-state index contributed by atoms with van der Waals surface area (Å²) in [5.74, 6) is -0.373. The molecule has 0 N–H and O–H groups in total. The molecule has 2 aromatic carbocycles. The Morgan fingerprint density at radius 1 is 1.00 bits per heavy atom. The van der Waals surface area contributed by atoms with Crippen molar-refractivity contribution < 1.29 is 4.39 Å². The number of hydrogen-bond acceptors (Lipinski definition) is 0. The van der Waals surface area contributed by atoms with Crippen LogP contribution >= 0.6 is 23.2 Å². The van der Waals surface area contributed by atoms with Gasteiger partial charge in [0.25, 0.3) is 0 Å². The standard InChI is InChI=1S/C14H11Cl2F/c1-8-5-10(7-11(15)6-8)12-3-4-13(16)14(17)9(12)2/h3-7H,1-2H3. The minimum Gasteiger partial charge on any atom is -0.205 e. The second-order valence-corrected chi connectivity index (χ2v) is 4.89. The molecule has 0 atom stereocenters. The summed E-state index contributed by atoms with van der Waals surface area (Å²) in [6.07, 6.45) is 0. The maximum absolute atomic E-state index is 13.7. The first-order valence-corrected chi connectivity index (χ1v) is 5.97. The van der Waals surface area contributed by atoms with E-state index in [1.54, 1.807) is 13.0 Å². The predicted molar refractivity (Wildman–Crippen MR) is 71.3 cm³/mol. The number of hydrogen-bond donors (Lipinski definition) is 0. The molecule has 0 saturated heterocycles. The zero-order valence-electron chi connectivity index (χ0n) is 9.52. The van der Waals surface area contributed by atoms with Crippen LogP contribution in [0.5, 0.6) is 0 Å². The smallest absolute Gasteiger partial charge is 0.145 e. The molecule has 2 aromatic rings. The van der Waals surface area contributed by atoms with Crippen molar-refractivity contribution in [3.05, 3.63) is 57.3 Å². The molecule has 0 aromatic heterocycles. The zero-order chi connectivity index (χ0) is 12.6. The number of aryl methyl sites for hydroxylation is 1. The van der Waals surface area contributed by atoms with E-state index in [4.69, 9.17) is 23.2 Å². The average molecular weight is 269 g/mol. The van der Waals surface area contributed by atoms with Gasteiger partial charge in [-0.25, -0.2) is 4.39 Å². The van der Waals surface area contributed by atoms with Crippen LogP contribution in [-0.4, -0.2) is 0 Å². The first kappa shape index (κ1) is 12.4. The van der Waals surface area contributed by atoms with Gasteiger partial charge >= 0.3 is 0 Å². The third-order valence-electron chi connectivity index (χ3n) is 2.69. The molecule has 2 rings (SSSR count). The van der Waals surface area contributed by atoms with Gasteiger partial charge in [-0.3, -0.25) is 0 Å². The fourth-order valence-electron chi connectivity index (χ4n) is 1.86. The lowest BCUT2D eigenvalue weighted by atomic mass is 9.99. The summed E-state index contributed by atoms with van der Waals surface area (Å²) in [7, 11) is 0. The Balaban J connectivity index is 2.64. The second kappa shape index (κ2) is 4.67. The fourth-order valence-corrected chi connectivity index (χ4v) is 2.35. The molecule has 0 nitrogen and oxygen atoms in total. The Morgan fingerprint density at radius 3 is 2.35 bits per heavy atom. The van der Waals surface area contributed by atoms with Crippen molar-refractivity contribution in [1.82, 2.24) is 0 Å². The van der Waals surface area contributed by atoms with Gasteiger partial charge in [-0.2, -0.15) is 0 Å². The van der Waals surface area contributed by atoms with Crippen LogP contribution in [0.1, 0.15) is 11.1 Å². The monoisotopic (exact) mass is 268 g/mol. The van der Waals surface area contributed by atoms with Crippen LogP contribution in [0.25, 0.3) is 11.1 Å². The predicted octanol–water partition coefficient (Wildman–Crippen LogP) is 5.42. The highest BCUT2D eigenvalue weighted by molar-refractivity contribution is 6.31. The van der Waals surface area contributed by atoms with Crippen molar-refractivity contribution in [2.24, 2.45) is 0 Å². The third-order valence-corrected chi connectivity index (χ3v) is 3.20. The Bertz CT molecular complexity index is 556. The maximum atomic E-state index is 13.7. The van der Waals surface area contributed by atoms with Gasteiger partial charge in [0.05, 0.1) is 5.02 Å². The Hall–Kier alpha value is -1.05. The minimum atomic E-state index is -0.373. The van der Waals surface area contributed by atoms with Gasteiger partial charge < -0.3 is 0 Å². The SMILES string of the molecule is Cc1cc(Cl)cc(-c2ccc(Cl)c(F)c2C)c1. The molecule has 0 saturated carbocycles. The van der Waals surface area contributed by atoms with E-state index in [-0.39, 0.29) is 10.8 Å². The first-order valence-electron chi connectivity index (χ1n) is 5.21. The molecule has 0 bridgehead atoms. The molecule has 88 valence electrons. The van der Waals surface area contributed by atoms with Crippen LogP contribution < -0.4 is 0 Å². The molecular formula is C14H11Cl2F. The summed E-state index contributed by atoms with van der Waals surface area (Å²) in [5, 5.41) is 0.791. The number of benzene rings is 2. The maximum Gasteiger partial charge on any atom is 0.145 e. The highest BCUT2D eigenvalue weighted by atomic mass is 35.5. The van der Waals surface area contributed by atoms with E-state index in [0.29, 0.717) is 10.6 Å². The van der Waals surface area contributed by atoms with Crippen molar-refractivity contribution in [3.63, 3.8) is 0 Å². The molecule has 0 unspecified atom stereocenters. The zero-order valence-corrected chi connectivity index (χ0v) is 11.0. The van der Waals surface area contributed by atoms with E-state index in [1.807, 2.05) is 31.2 Å². The lowest BCUT2D eigenvalue weighted by Gasteiger charge is -2.09. The second-order valence-electron chi connectivity index (χ2n) is 4.05.